The van der Waals surface area contributed by atoms with Crippen LogP contribution >= 0.6 is 15.9 Å². The number of aryl methyl sites for hydroxylation is 2. The smallest absolute Gasteiger partial charge is 0.338 e. The van der Waals surface area contributed by atoms with Gasteiger partial charge in [-0.1, -0.05) is 12.1 Å². The van der Waals surface area contributed by atoms with Gasteiger partial charge in [0, 0.05) is 10.2 Å². The van der Waals surface area contributed by atoms with Gasteiger partial charge in [-0.15, -0.1) is 0 Å². The van der Waals surface area contributed by atoms with Crippen LogP contribution in [0.2, 0.25) is 0 Å². The van der Waals surface area contributed by atoms with E-state index >= 15 is 0 Å². The van der Waals surface area contributed by atoms with Gasteiger partial charge in [0.1, 0.15) is 0 Å². The van der Waals surface area contributed by atoms with Crippen LogP contribution in [-0.2, 0) is 9.53 Å². The Morgan fingerprint density at radius 1 is 1.11 bits per heavy atom. The number of nitrogens with zero attached hydrogens (tertiary/aromatic N) is 2. The van der Waals surface area contributed by atoms with Gasteiger partial charge in [0.15, 0.2) is 6.61 Å². The van der Waals surface area contributed by atoms with Crippen LogP contribution in [0.4, 0.5) is 5.69 Å². The van der Waals surface area contributed by atoms with Crippen LogP contribution in [0.3, 0.4) is 0 Å². The second kappa shape index (κ2) is 8.18. The van der Waals surface area contributed by atoms with Crippen molar-refractivity contribution in [3.05, 3.63) is 76.0 Å². The van der Waals surface area contributed by atoms with Gasteiger partial charge in [0.05, 0.1) is 22.6 Å². The molecular formula is C20H18BrN3O3. The van der Waals surface area contributed by atoms with Gasteiger partial charge in [0.25, 0.3) is 5.91 Å². The van der Waals surface area contributed by atoms with Crippen molar-refractivity contribution in [3.63, 3.8) is 0 Å². The molecule has 0 fully saturated rings. The topological polar surface area (TPSA) is 73.2 Å². The Morgan fingerprint density at radius 2 is 1.81 bits per heavy atom. The Morgan fingerprint density at radius 3 is 2.44 bits per heavy atom. The third-order valence-corrected chi connectivity index (χ3v) is 4.53. The first-order chi connectivity index (χ1) is 12.9. The van der Waals surface area contributed by atoms with Crippen LogP contribution in [0.15, 0.2) is 59.1 Å². The molecule has 0 spiro atoms. The first-order valence-corrected chi connectivity index (χ1v) is 9.08. The third-order valence-electron chi connectivity index (χ3n) is 3.84. The summed E-state index contributed by atoms with van der Waals surface area (Å²) >= 11 is 3.34. The van der Waals surface area contributed by atoms with Crippen molar-refractivity contribution in [2.45, 2.75) is 13.8 Å². The van der Waals surface area contributed by atoms with Crippen molar-refractivity contribution in [1.29, 1.82) is 0 Å². The molecule has 0 aliphatic rings. The lowest BCUT2D eigenvalue weighted by Crippen LogP contribution is -2.21. The Hall–Kier alpha value is -2.93. The number of aromatic nitrogens is 2. The lowest BCUT2D eigenvalue weighted by Gasteiger charge is -2.09. The monoisotopic (exact) mass is 427 g/mol. The molecule has 0 bridgehead atoms. The zero-order valence-corrected chi connectivity index (χ0v) is 16.5. The van der Waals surface area contributed by atoms with Crippen molar-refractivity contribution in [3.8, 4) is 5.69 Å². The molecule has 0 radical (unpaired) electrons. The van der Waals surface area contributed by atoms with E-state index in [2.05, 4.69) is 26.3 Å². The summed E-state index contributed by atoms with van der Waals surface area (Å²) in [7, 11) is 0. The fourth-order valence-corrected chi connectivity index (χ4v) is 2.98. The van der Waals surface area contributed by atoms with Crippen LogP contribution in [0.25, 0.3) is 5.69 Å². The number of nitrogens with one attached hydrogen (secondary N) is 1. The summed E-state index contributed by atoms with van der Waals surface area (Å²) in [5, 5.41) is 7.09. The Balaban J connectivity index is 1.59. The molecular weight excluding hydrogens is 410 g/mol. The fourth-order valence-electron chi connectivity index (χ4n) is 2.59. The molecule has 1 N–H and O–H groups in total. The Bertz CT molecular complexity index is 980. The molecule has 0 aliphatic heterocycles. The largest absolute Gasteiger partial charge is 0.452 e. The molecule has 0 saturated heterocycles. The van der Waals surface area contributed by atoms with E-state index in [1.807, 2.05) is 32.0 Å². The van der Waals surface area contributed by atoms with Crippen LogP contribution in [0.1, 0.15) is 21.7 Å². The van der Waals surface area contributed by atoms with Crippen LogP contribution in [-0.4, -0.2) is 28.3 Å². The van der Waals surface area contributed by atoms with Crippen molar-refractivity contribution >= 4 is 33.5 Å². The van der Waals surface area contributed by atoms with Gasteiger partial charge in [-0.2, -0.15) is 5.10 Å². The molecule has 0 unspecified atom stereocenters. The first-order valence-electron chi connectivity index (χ1n) is 8.29. The Kier molecular flexibility index (Phi) is 5.71. The van der Waals surface area contributed by atoms with Crippen LogP contribution in [0, 0.1) is 13.8 Å². The molecule has 0 saturated carbocycles. The zero-order chi connectivity index (χ0) is 19.4. The van der Waals surface area contributed by atoms with Crippen LogP contribution < -0.4 is 5.32 Å². The highest BCUT2D eigenvalue weighted by Gasteiger charge is 2.12. The minimum Gasteiger partial charge on any atom is -0.452 e. The molecule has 0 atom stereocenters. The van der Waals surface area contributed by atoms with Crippen molar-refractivity contribution < 1.29 is 14.3 Å². The summed E-state index contributed by atoms with van der Waals surface area (Å²) in [6, 6.07) is 16.1. The average molecular weight is 428 g/mol. The predicted octanol–water partition coefficient (Wildman–Crippen LogP) is 4.05. The lowest BCUT2D eigenvalue weighted by atomic mass is 10.2. The third kappa shape index (κ3) is 4.62. The van der Waals surface area contributed by atoms with Crippen LogP contribution in [0.5, 0.6) is 0 Å². The molecule has 27 heavy (non-hydrogen) atoms. The number of para-hydroxylation sites is 1. The number of hydrogen-bond donors (Lipinski definition) is 1. The van der Waals surface area contributed by atoms with E-state index in [-0.39, 0.29) is 6.61 Å². The molecule has 138 valence electrons. The highest BCUT2D eigenvalue weighted by Crippen LogP contribution is 2.21. The van der Waals surface area contributed by atoms with Crippen molar-refractivity contribution in [2.24, 2.45) is 0 Å². The zero-order valence-electron chi connectivity index (χ0n) is 14.9. The average Bonchev–Trinajstić information content (AvgIpc) is 3.00. The van der Waals surface area contributed by atoms with E-state index < -0.39 is 11.9 Å². The fraction of sp³-hybridized carbons (Fsp3) is 0.150. The molecule has 6 nitrogen and oxygen atoms in total. The molecule has 2 aromatic carbocycles. The van der Waals surface area contributed by atoms with Gasteiger partial charge in [-0.05, 0) is 72.2 Å². The minimum absolute atomic E-state index is 0.362. The second-order valence-corrected chi connectivity index (χ2v) is 6.84. The first kappa shape index (κ1) is 18.8. The Labute approximate surface area is 165 Å². The van der Waals surface area contributed by atoms with E-state index in [0.717, 1.165) is 21.5 Å². The maximum Gasteiger partial charge on any atom is 0.338 e. The van der Waals surface area contributed by atoms with E-state index in [1.54, 1.807) is 41.1 Å². The van der Waals surface area contributed by atoms with E-state index in [4.69, 9.17) is 4.74 Å². The molecule has 1 aromatic heterocycles. The number of amides is 1. The summed E-state index contributed by atoms with van der Waals surface area (Å²) in [5.74, 6) is -0.966. The molecule has 0 aliphatic carbocycles. The molecule has 3 rings (SSSR count). The summed E-state index contributed by atoms with van der Waals surface area (Å²) in [4.78, 5) is 24.1. The number of rotatable bonds is 5. The van der Waals surface area contributed by atoms with E-state index in [9.17, 15) is 9.59 Å². The number of benzene rings is 2. The highest BCUT2D eigenvalue weighted by atomic mass is 79.9. The van der Waals surface area contributed by atoms with E-state index in [0.29, 0.717) is 11.3 Å². The second-order valence-electron chi connectivity index (χ2n) is 5.99. The van der Waals surface area contributed by atoms with E-state index in [1.165, 1.54) is 0 Å². The molecule has 1 heterocycles. The van der Waals surface area contributed by atoms with Gasteiger partial charge in [0.2, 0.25) is 0 Å². The summed E-state index contributed by atoms with van der Waals surface area (Å²) in [5.41, 5.74) is 3.77. The number of carbonyl (C=O) groups excluding carboxylic acids is 2. The van der Waals surface area contributed by atoms with Gasteiger partial charge < -0.3 is 10.1 Å². The standard InChI is InChI=1S/C20H18BrN3O3/c1-13-11-14(2)24(23-13)16-9-7-15(8-10-16)20(26)27-12-19(25)22-18-6-4-3-5-17(18)21/h3-11H,12H2,1-2H3,(H,22,25). The maximum atomic E-state index is 12.2. The lowest BCUT2D eigenvalue weighted by molar-refractivity contribution is -0.119. The SMILES string of the molecule is Cc1cc(C)n(-c2ccc(C(=O)OCC(=O)Nc3ccccc3Br)cc2)n1. The maximum absolute atomic E-state index is 12.2. The van der Waals surface area contributed by atoms with Gasteiger partial charge in [-0.3, -0.25) is 4.79 Å². The number of esters is 1. The van der Waals surface area contributed by atoms with Gasteiger partial charge in [-0.25, -0.2) is 9.48 Å². The molecule has 1 amide bonds. The summed E-state index contributed by atoms with van der Waals surface area (Å²) < 4.78 is 7.64. The quantitative estimate of drug-likeness (QED) is 0.623. The van der Waals surface area contributed by atoms with Crippen molar-refractivity contribution in [1.82, 2.24) is 9.78 Å². The number of halogens is 1. The molecule has 7 heteroatoms. The summed E-state index contributed by atoms with van der Waals surface area (Å²) in [6.45, 7) is 3.53. The number of ether oxygens (including phenoxy) is 1. The van der Waals surface area contributed by atoms with Crippen molar-refractivity contribution in [2.75, 3.05) is 11.9 Å². The van der Waals surface area contributed by atoms with Gasteiger partial charge >= 0.3 is 5.97 Å². The number of anilines is 1. The molecule has 3 aromatic rings. The minimum atomic E-state index is -0.558. The normalized spacial score (nSPS) is 10.5. The summed E-state index contributed by atoms with van der Waals surface area (Å²) in [6.07, 6.45) is 0. The highest BCUT2D eigenvalue weighted by molar-refractivity contribution is 9.10. The number of carbonyl (C=O) groups is 2. The predicted molar refractivity (Wildman–Crippen MR) is 106 cm³/mol. The number of hydrogen-bond acceptors (Lipinski definition) is 4.